The molecule has 5 heteroatoms. The highest BCUT2D eigenvalue weighted by molar-refractivity contribution is 6.04. The molecule has 1 fully saturated rings. The summed E-state index contributed by atoms with van der Waals surface area (Å²) >= 11 is 0. The first kappa shape index (κ1) is 19.0. The second kappa shape index (κ2) is 8.71. The van der Waals surface area contributed by atoms with Crippen LogP contribution in [0.2, 0.25) is 0 Å². The number of amides is 2. The number of hydrogen-bond donors (Lipinski definition) is 2. The van der Waals surface area contributed by atoms with Crippen molar-refractivity contribution in [3.8, 4) is 5.75 Å². The highest BCUT2D eigenvalue weighted by Gasteiger charge is 2.16. The maximum atomic E-state index is 12.6. The molecule has 1 aliphatic carbocycles. The van der Waals surface area contributed by atoms with E-state index < -0.39 is 0 Å². The lowest BCUT2D eigenvalue weighted by Gasteiger charge is -2.22. The molecule has 142 valence electrons. The molecule has 27 heavy (non-hydrogen) atoms. The quantitative estimate of drug-likeness (QED) is 0.786. The van der Waals surface area contributed by atoms with Crippen LogP contribution < -0.4 is 15.4 Å². The first-order valence-corrected chi connectivity index (χ1v) is 9.44. The predicted molar refractivity (Wildman–Crippen MR) is 108 cm³/mol. The minimum absolute atomic E-state index is 0.177. The van der Waals surface area contributed by atoms with Crippen LogP contribution in [0.5, 0.6) is 5.75 Å². The Balaban J connectivity index is 1.70. The van der Waals surface area contributed by atoms with Crippen LogP contribution in [0.25, 0.3) is 0 Å². The number of carbonyl (C=O) groups excluding carboxylic acids is 2. The fourth-order valence-electron chi connectivity index (χ4n) is 3.62. The van der Waals surface area contributed by atoms with Crippen molar-refractivity contribution in [3.05, 3.63) is 53.6 Å². The van der Waals surface area contributed by atoms with Crippen molar-refractivity contribution in [1.29, 1.82) is 0 Å². The molecule has 2 aromatic carbocycles. The van der Waals surface area contributed by atoms with Gasteiger partial charge in [0.25, 0.3) is 5.91 Å². The molecule has 0 heterocycles. The lowest BCUT2D eigenvalue weighted by atomic mass is 9.84. The Morgan fingerprint density at radius 2 is 1.67 bits per heavy atom. The highest BCUT2D eigenvalue weighted by atomic mass is 16.5. The first-order chi connectivity index (χ1) is 13.1. The van der Waals surface area contributed by atoms with E-state index in [9.17, 15) is 9.59 Å². The molecule has 2 aromatic rings. The summed E-state index contributed by atoms with van der Waals surface area (Å²) in [5, 5.41) is 5.58. The standard InChI is InChI=1S/C22H26N2O3/c1-15(25)23-20-14-19(12-13-21(20)27-2)24-22(26)18-10-8-17(9-11-18)16-6-4-3-5-7-16/h8-14,16H,3-7H2,1-2H3,(H,23,25)(H,24,26). The zero-order chi connectivity index (χ0) is 19.2. The van der Waals surface area contributed by atoms with Gasteiger partial charge >= 0.3 is 0 Å². The topological polar surface area (TPSA) is 67.4 Å². The molecule has 0 bridgehead atoms. The van der Waals surface area contributed by atoms with E-state index in [0.29, 0.717) is 28.6 Å². The third kappa shape index (κ3) is 4.88. The third-order valence-corrected chi connectivity index (χ3v) is 5.02. The van der Waals surface area contributed by atoms with Gasteiger partial charge < -0.3 is 15.4 Å². The fourth-order valence-corrected chi connectivity index (χ4v) is 3.62. The van der Waals surface area contributed by atoms with Gasteiger partial charge in [-0.2, -0.15) is 0 Å². The van der Waals surface area contributed by atoms with Crippen LogP contribution in [-0.4, -0.2) is 18.9 Å². The molecule has 0 atom stereocenters. The Morgan fingerprint density at radius 3 is 2.30 bits per heavy atom. The summed E-state index contributed by atoms with van der Waals surface area (Å²) < 4.78 is 5.23. The Labute approximate surface area is 160 Å². The Hall–Kier alpha value is -2.82. The van der Waals surface area contributed by atoms with Crippen molar-refractivity contribution >= 4 is 23.2 Å². The van der Waals surface area contributed by atoms with Crippen LogP contribution in [0.1, 0.15) is 60.9 Å². The van der Waals surface area contributed by atoms with E-state index in [2.05, 4.69) is 22.8 Å². The molecule has 0 unspecified atom stereocenters. The predicted octanol–water partition coefficient (Wildman–Crippen LogP) is 4.95. The number of benzene rings is 2. The van der Waals surface area contributed by atoms with Crippen LogP contribution in [0.15, 0.2) is 42.5 Å². The Kier molecular flexibility index (Phi) is 6.12. The zero-order valence-corrected chi connectivity index (χ0v) is 15.9. The van der Waals surface area contributed by atoms with Crippen LogP contribution in [0.4, 0.5) is 11.4 Å². The molecule has 2 N–H and O–H groups in total. The molecule has 1 aliphatic rings. The fraction of sp³-hybridized carbons (Fsp3) is 0.364. The molecule has 0 aliphatic heterocycles. The van der Waals surface area contributed by atoms with Gasteiger partial charge in [-0.3, -0.25) is 9.59 Å². The zero-order valence-electron chi connectivity index (χ0n) is 15.9. The van der Waals surface area contributed by atoms with E-state index in [1.807, 2.05) is 12.1 Å². The molecule has 2 amide bonds. The van der Waals surface area contributed by atoms with Crippen LogP contribution in [0.3, 0.4) is 0 Å². The second-order valence-corrected chi connectivity index (χ2v) is 7.01. The first-order valence-electron chi connectivity index (χ1n) is 9.44. The van der Waals surface area contributed by atoms with Crippen LogP contribution >= 0.6 is 0 Å². The molecule has 0 saturated heterocycles. The van der Waals surface area contributed by atoms with Crippen molar-refractivity contribution in [2.45, 2.75) is 44.9 Å². The number of methoxy groups -OCH3 is 1. The highest BCUT2D eigenvalue weighted by Crippen LogP contribution is 2.33. The van der Waals surface area contributed by atoms with E-state index in [1.165, 1.54) is 51.7 Å². The number of nitrogens with one attached hydrogen (secondary N) is 2. The van der Waals surface area contributed by atoms with Crippen molar-refractivity contribution in [2.75, 3.05) is 17.7 Å². The van der Waals surface area contributed by atoms with E-state index in [1.54, 1.807) is 18.2 Å². The minimum atomic E-state index is -0.199. The third-order valence-electron chi connectivity index (χ3n) is 5.02. The van der Waals surface area contributed by atoms with Gasteiger partial charge in [-0.25, -0.2) is 0 Å². The van der Waals surface area contributed by atoms with Gasteiger partial charge in [-0.1, -0.05) is 31.4 Å². The van der Waals surface area contributed by atoms with Crippen LogP contribution in [-0.2, 0) is 4.79 Å². The van der Waals surface area contributed by atoms with Gasteiger partial charge in [0, 0.05) is 18.2 Å². The van der Waals surface area contributed by atoms with Crippen LogP contribution in [0, 0.1) is 0 Å². The molecule has 5 nitrogen and oxygen atoms in total. The van der Waals surface area contributed by atoms with Gasteiger partial charge in [0.15, 0.2) is 0 Å². The Morgan fingerprint density at radius 1 is 0.963 bits per heavy atom. The van der Waals surface area contributed by atoms with Gasteiger partial charge in [0.05, 0.1) is 12.8 Å². The smallest absolute Gasteiger partial charge is 0.255 e. The number of hydrogen-bond acceptors (Lipinski definition) is 3. The van der Waals surface area contributed by atoms with Crippen molar-refractivity contribution < 1.29 is 14.3 Å². The molecule has 3 rings (SSSR count). The van der Waals surface area contributed by atoms with E-state index in [0.717, 1.165) is 0 Å². The van der Waals surface area contributed by atoms with E-state index in [4.69, 9.17) is 4.74 Å². The van der Waals surface area contributed by atoms with E-state index in [-0.39, 0.29) is 11.8 Å². The number of anilines is 2. The van der Waals surface area contributed by atoms with Gasteiger partial charge in [-0.05, 0) is 54.7 Å². The van der Waals surface area contributed by atoms with Crippen molar-refractivity contribution in [3.63, 3.8) is 0 Å². The lowest BCUT2D eigenvalue weighted by molar-refractivity contribution is -0.114. The van der Waals surface area contributed by atoms with E-state index >= 15 is 0 Å². The molecule has 1 saturated carbocycles. The summed E-state index contributed by atoms with van der Waals surface area (Å²) in [6.45, 7) is 1.43. The van der Waals surface area contributed by atoms with Gasteiger partial charge in [0.1, 0.15) is 5.75 Å². The number of carbonyl (C=O) groups is 2. The maximum absolute atomic E-state index is 12.6. The summed E-state index contributed by atoms with van der Waals surface area (Å²) in [6.07, 6.45) is 6.40. The normalized spacial score (nSPS) is 14.4. The van der Waals surface area contributed by atoms with Gasteiger partial charge in [0.2, 0.25) is 5.91 Å². The summed E-state index contributed by atoms with van der Waals surface area (Å²) in [5.41, 5.74) is 3.06. The molecule has 0 aromatic heterocycles. The summed E-state index contributed by atoms with van der Waals surface area (Å²) in [7, 11) is 1.53. The average molecular weight is 366 g/mol. The molecule has 0 spiro atoms. The SMILES string of the molecule is COc1ccc(NC(=O)c2ccc(C3CCCCC3)cc2)cc1NC(C)=O. The molecular weight excluding hydrogens is 340 g/mol. The largest absolute Gasteiger partial charge is 0.495 e. The number of ether oxygens (including phenoxy) is 1. The molecule has 0 radical (unpaired) electrons. The van der Waals surface area contributed by atoms with Crippen molar-refractivity contribution in [1.82, 2.24) is 0 Å². The maximum Gasteiger partial charge on any atom is 0.255 e. The molecular formula is C22H26N2O3. The number of rotatable bonds is 5. The summed E-state index contributed by atoms with van der Waals surface area (Å²) in [4.78, 5) is 23.9. The summed E-state index contributed by atoms with van der Waals surface area (Å²) in [6, 6.07) is 13.1. The monoisotopic (exact) mass is 366 g/mol. The summed E-state index contributed by atoms with van der Waals surface area (Å²) in [5.74, 6) is 0.789. The Bertz CT molecular complexity index is 809. The van der Waals surface area contributed by atoms with Crippen molar-refractivity contribution in [2.24, 2.45) is 0 Å². The average Bonchev–Trinajstić information content (AvgIpc) is 2.68. The van der Waals surface area contributed by atoms with Gasteiger partial charge in [-0.15, -0.1) is 0 Å². The minimum Gasteiger partial charge on any atom is -0.495 e. The lowest BCUT2D eigenvalue weighted by Crippen LogP contribution is -2.13. The second-order valence-electron chi connectivity index (χ2n) is 7.01.